The molecule has 0 amide bonds. The molecular formula is C9H9ClN8. The Kier molecular flexibility index (Phi) is 2.56. The quantitative estimate of drug-likeness (QED) is 0.694. The molecule has 3 heterocycles. The minimum atomic E-state index is 0.354. The molecule has 3 aromatic heterocycles. The normalized spacial score (nSPS) is 11.0. The Balaban J connectivity index is 1.87. The van der Waals surface area contributed by atoms with Crippen LogP contribution in [0, 0.1) is 0 Å². The van der Waals surface area contributed by atoms with E-state index in [4.69, 9.17) is 11.6 Å². The van der Waals surface area contributed by atoms with Gasteiger partial charge in [-0.15, -0.1) is 0 Å². The number of hydrogen-bond acceptors (Lipinski definition) is 6. The molecule has 0 aromatic carbocycles. The molecule has 92 valence electrons. The molecule has 1 N–H and O–H groups in total. The lowest BCUT2D eigenvalue weighted by Gasteiger charge is -2.05. The smallest absolute Gasteiger partial charge is 0.255 e. The van der Waals surface area contributed by atoms with Crippen LogP contribution in [0.1, 0.15) is 5.82 Å². The molecule has 0 radical (unpaired) electrons. The molecule has 0 spiro atoms. The fourth-order valence-corrected chi connectivity index (χ4v) is 1.72. The van der Waals surface area contributed by atoms with E-state index in [1.54, 1.807) is 21.6 Å². The molecule has 0 aliphatic carbocycles. The van der Waals surface area contributed by atoms with Crippen LogP contribution in [0.25, 0.3) is 5.78 Å². The van der Waals surface area contributed by atoms with Gasteiger partial charge in [0.1, 0.15) is 23.6 Å². The maximum atomic E-state index is 5.90. The highest BCUT2D eigenvalue weighted by Crippen LogP contribution is 2.14. The van der Waals surface area contributed by atoms with Gasteiger partial charge in [0, 0.05) is 13.1 Å². The zero-order valence-corrected chi connectivity index (χ0v) is 10.2. The zero-order chi connectivity index (χ0) is 12.5. The maximum absolute atomic E-state index is 5.90. The van der Waals surface area contributed by atoms with Gasteiger partial charge in [-0.25, -0.2) is 4.98 Å². The van der Waals surface area contributed by atoms with E-state index < -0.39 is 0 Å². The highest BCUT2D eigenvalue weighted by atomic mass is 35.5. The standard InChI is InChI=1S/C9H9ClN8/c1-17-5-13-7(16-17)3-11-8-2-6(10)15-9-12-4-14-18(8)9/h2,4-5,11H,3H2,1H3. The van der Waals surface area contributed by atoms with E-state index in [-0.39, 0.29) is 0 Å². The number of halogens is 1. The maximum Gasteiger partial charge on any atom is 0.255 e. The van der Waals surface area contributed by atoms with E-state index in [2.05, 4.69) is 30.5 Å². The van der Waals surface area contributed by atoms with Crippen molar-refractivity contribution in [3.63, 3.8) is 0 Å². The van der Waals surface area contributed by atoms with Gasteiger partial charge >= 0.3 is 0 Å². The third-order valence-electron chi connectivity index (χ3n) is 2.30. The molecule has 0 unspecified atom stereocenters. The summed E-state index contributed by atoms with van der Waals surface area (Å²) in [4.78, 5) is 12.1. The third kappa shape index (κ3) is 1.97. The summed E-state index contributed by atoms with van der Waals surface area (Å²) in [6.07, 6.45) is 3.06. The Labute approximate surface area is 107 Å². The molecule has 18 heavy (non-hydrogen) atoms. The Morgan fingerprint density at radius 2 is 2.28 bits per heavy atom. The van der Waals surface area contributed by atoms with Crippen LogP contribution in [0.15, 0.2) is 18.7 Å². The van der Waals surface area contributed by atoms with Gasteiger partial charge in [0.05, 0.1) is 6.54 Å². The third-order valence-corrected chi connectivity index (χ3v) is 2.49. The second-order valence-electron chi connectivity index (χ2n) is 3.62. The summed E-state index contributed by atoms with van der Waals surface area (Å²) in [5.41, 5.74) is 0. The van der Waals surface area contributed by atoms with Crippen LogP contribution in [0.2, 0.25) is 5.15 Å². The molecule has 0 aliphatic heterocycles. The first-order valence-electron chi connectivity index (χ1n) is 5.17. The van der Waals surface area contributed by atoms with Gasteiger partial charge in [0.2, 0.25) is 0 Å². The second-order valence-corrected chi connectivity index (χ2v) is 4.01. The van der Waals surface area contributed by atoms with Gasteiger partial charge in [-0.3, -0.25) is 4.68 Å². The predicted molar refractivity (Wildman–Crippen MR) is 64.1 cm³/mol. The van der Waals surface area contributed by atoms with Crippen LogP contribution in [0.5, 0.6) is 0 Å². The van der Waals surface area contributed by atoms with Gasteiger partial charge < -0.3 is 5.32 Å². The second kappa shape index (κ2) is 4.22. The lowest BCUT2D eigenvalue weighted by molar-refractivity contribution is 0.746. The number of nitrogens with one attached hydrogen (secondary N) is 1. The molecule has 9 heteroatoms. The molecule has 8 nitrogen and oxygen atoms in total. The molecule has 0 aliphatic rings. The molecule has 3 rings (SSSR count). The van der Waals surface area contributed by atoms with Crippen molar-refractivity contribution in [2.45, 2.75) is 6.54 Å². The first-order valence-corrected chi connectivity index (χ1v) is 5.55. The van der Waals surface area contributed by atoms with Crippen LogP contribution in [-0.4, -0.2) is 34.3 Å². The highest BCUT2D eigenvalue weighted by molar-refractivity contribution is 6.29. The van der Waals surface area contributed by atoms with Crippen LogP contribution >= 0.6 is 11.6 Å². The fourth-order valence-electron chi connectivity index (χ4n) is 1.54. The molecular weight excluding hydrogens is 256 g/mol. The van der Waals surface area contributed by atoms with Crippen molar-refractivity contribution in [1.29, 1.82) is 0 Å². The average molecular weight is 265 g/mol. The Bertz CT molecular complexity index is 687. The minimum Gasteiger partial charge on any atom is -0.362 e. The number of fused-ring (bicyclic) bond motifs is 1. The van der Waals surface area contributed by atoms with Gasteiger partial charge in [-0.2, -0.15) is 24.7 Å². The first-order chi connectivity index (χ1) is 8.72. The van der Waals surface area contributed by atoms with Crippen molar-refractivity contribution in [3.8, 4) is 0 Å². The summed E-state index contributed by atoms with van der Waals surface area (Å²) in [5.74, 6) is 1.81. The van der Waals surface area contributed by atoms with E-state index in [0.29, 0.717) is 29.1 Å². The van der Waals surface area contributed by atoms with Gasteiger partial charge in [0.25, 0.3) is 5.78 Å². The van der Waals surface area contributed by atoms with Crippen molar-refractivity contribution >= 4 is 23.2 Å². The Hall–Kier alpha value is -2.22. The van der Waals surface area contributed by atoms with Gasteiger partial charge in [0.15, 0.2) is 5.82 Å². The lowest BCUT2D eigenvalue weighted by Crippen LogP contribution is -2.07. The molecule has 0 saturated heterocycles. The van der Waals surface area contributed by atoms with Crippen LogP contribution < -0.4 is 5.32 Å². The Morgan fingerprint density at radius 1 is 1.39 bits per heavy atom. The lowest BCUT2D eigenvalue weighted by atomic mass is 10.5. The summed E-state index contributed by atoms with van der Waals surface area (Å²) < 4.78 is 3.20. The van der Waals surface area contributed by atoms with Crippen molar-refractivity contribution in [2.24, 2.45) is 7.05 Å². The summed E-state index contributed by atoms with van der Waals surface area (Å²) in [5, 5.41) is 11.7. The monoisotopic (exact) mass is 264 g/mol. The number of aromatic nitrogens is 7. The molecule has 0 atom stereocenters. The molecule has 0 fully saturated rings. The van der Waals surface area contributed by atoms with Crippen molar-refractivity contribution in [2.75, 3.05) is 5.32 Å². The fraction of sp³-hybridized carbons (Fsp3) is 0.222. The van der Waals surface area contributed by atoms with Crippen LogP contribution in [0.3, 0.4) is 0 Å². The van der Waals surface area contributed by atoms with E-state index in [9.17, 15) is 0 Å². The molecule has 0 bridgehead atoms. The summed E-state index contributed by atoms with van der Waals surface area (Å²) >= 11 is 5.90. The summed E-state index contributed by atoms with van der Waals surface area (Å²) in [6, 6.07) is 1.67. The van der Waals surface area contributed by atoms with E-state index in [1.807, 2.05) is 7.05 Å². The SMILES string of the molecule is Cn1cnc(CNc2cc(Cl)nc3ncnn23)n1. The van der Waals surface area contributed by atoms with Crippen molar-refractivity contribution in [1.82, 2.24) is 34.3 Å². The topological polar surface area (TPSA) is 85.8 Å². The molecule has 0 saturated carbocycles. The largest absolute Gasteiger partial charge is 0.362 e. The Morgan fingerprint density at radius 3 is 3.06 bits per heavy atom. The summed E-state index contributed by atoms with van der Waals surface area (Å²) in [7, 11) is 1.81. The number of nitrogens with zero attached hydrogens (tertiary/aromatic N) is 7. The van der Waals surface area contributed by atoms with Gasteiger partial charge in [-0.1, -0.05) is 11.6 Å². The van der Waals surface area contributed by atoms with E-state index in [1.165, 1.54) is 6.33 Å². The number of rotatable bonds is 3. The van der Waals surface area contributed by atoms with Gasteiger partial charge in [-0.05, 0) is 0 Å². The molecule has 3 aromatic rings. The highest BCUT2D eigenvalue weighted by Gasteiger charge is 2.07. The minimum absolute atomic E-state index is 0.354. The van der Waals surface area contributed by atoms with Crippen LogP contribution in [-0.2, 0) is 13.6 Å². The first kappa shape index (κ1) is 10.9. The number of anilines is 1. The van der Waals surface area contributed by atoms with E-state index in [0.717, 1.165) is 0 Å². The van der Waals surface area contributed by atoms with Crippen molar-refractivity contribution < 1.29 is 0 Å². The number of aryl methyl sites for hydroxylation is 1. The van der Waals surface area contributed by atoms with E-state index >= 15 is 0 Å². The predicted octanol–water partition coefficient (Wildman–Crippen LogP) is 0.518. The van der Waals surface area contributed by atoms with Crippen LogP contribution in [0.4, 0.5) is 5.82 Å². The van der Waals surface area contributed by atoms with Crippen molar-refractivity contribution in [3.05, 3.63) is 29.7 Å². The average Bonchev–Trinajstić information content (AvgIpc) is 2.94. The summed E-state index contributed by atoms with van der Waals surface area (Å²) in [6.45, 7) is 0.468. The zero-order valence-electron chi connectivity index (χ0n) is 9.45. The number of hydrogen-bond donors (Lipinski definition) is 1.